The van der Waals surface area contributed by atoms with Gasteiger partial charge in [-0.05, 0) is 37.0 Å². The Labute approximate surface area is 123 Å². The molecule has 1 fully saturated rings. The minimum Gasteiger partial charge on any atom is -0.399 e. The highest BCUT2D eigenvalue weighted by atomic mass is 19.1. The molecule has 1 aliphatic carbocycles. The highest BCUT2D eigenvalue weighted by molar-refractivity contribution is 5.46. The summed E-state index contributed by atoms with van der Waals surface area (Å²) in [7, 11) is 0. The number of rotatable bonds is 5. The Morgan fingerprint density at radius 2 is 1.95 bits per heavy atom. The number of benzene rings is 1. The molecule has 3 rings (SSSR count). The molecule has 0 amide bonds. The number of nitrogens with two attached hydrogens (primary N) is 1. The molecule has 1 saturated carbocycles. The van der Waals surface area contributed by atoms with Crippen molar-refractivity contribution in [2.45, 2.75) is 38.8 Å². The summed E-state index contributed by atoms with van der Waals surface area (Å²) in [5.74, 6) is 0.128. The summed E-state index contributed by atoms with van der Waals surface area (Å²) in [6.45, 7) is 2.54. The second kappa shape index (κ2) is 5.68. The van der Waals surface area contributed by atoms with Crippen LogP contribution in [0.4, 0.5) is 15.9 Å². The zero-order valence-corrected chi connectivity index (χ0v) is 12.1. The van der Waals surface area contributed by atoms with Crippen LogP contribution in [-0.2, 0) is 13.0 Å². The van der Waals surface area contributed by atoms with Crippen LogP contribution >= 0.6 is 0 Å². The SMILES string of the molecule is CCc1ncnc(N(Cc2ccc(N)cc2)C2CC2)c1F. The summed E-state index contributed by atoms with van der Waals surface area (Å²) in [6.07, 6.45) is 4.19. The van der Waals surface area contributed by atoms with E-state index < -0.39 is 0 Å². The topological polar surface area (TPSA) is 55.0 Å². The maximum absolute atomic E-state index is 14.5. The molecule has 1 heterocycles. The van der Waals surface area contributed by atoms with E-state index in [9.17, 15) is 4.39 Å². The molecule has 1 aromatic carbocycles. The first-order valence-corrected chi connectivity index (χ1v) is 7.29. The molecule has 2 N–H and O–H groups in total. The standard InChI is InChI=1S/C16H19FN4/c1-2-14-15(17)16(20-10-19-14)21(13-7-8-13)9-11-3-5-12(18)6-4-11/h3-6,10,13H,2,7-9,18H2,1H3. The first-order valence-electron chi connectivity index (χ1n) is 7.29. The summed E-state index contributed by atoms with van der Waals surface area (Å²) >= 11 is 0. The number of nitrogens with zero attached hydrogens (tertiary/aromatic N) is 3. The van der Waals surface area contributed by atoms with Crippen LogP contribution in [0, 0.1) is 5.82 Å². The average Bonchev–Trinajstić information content (AvgIpc) is 3.32. The second-order valence-corrected chi connectivity index (χ2v) is 5.41. The van der Waals surface area contributed by atoms with Crippen molar-refractivity contribution in [3.63, 3.8) is 0 Å². The summed E-state index contributed by atoms with van der Waals surface area (Å²) in [5, 5.41) is 0. The van der Waals surface area contributed by atoms with Crippen LogP contribution in [-0.4, -0.2) is 16.0 Å². The number of halogens is 1. The fourth-order valence-electron chi connectivity index (χ4n) is 2.43. The van der Waals surface area contributed by atoms with Gasteiger partial charge in [-0.3, -0.25) is 0 Å². The van der Waals surface area contributed by atoms with Crippen LogP contribution in [0.5, 0.6) is 0 Å². The maximum Gasteiger partial charge on any atom is 0.187 e. The van der Waals surface area contributed by atoms with Gasteiger partial charge in [-0.2, -0.15) is 0 Å². The Hall–Kier alpha value is -2.17. The van der Waals surface area contributed by atoms with Crippen LogP contribution in [0.2, 0.25) is 0 Å². The first-order chi connectivity index (χ1) is 10.2. The summed E-state index contributed by atoms with van der Waals surface area (Å²) in [5.41, 5.74) is 8.02. The summed E-state index contributed by atoms with van der Waals surface area (Å²) in [4.78, 5) is 10.2. The number of nitrogen functional groups attached to an aromatic ring is 1. The fraction of sp³-hybridized carbons (Fsp3) is 0.375. The predicted octanol–water partition coefficient (Wildman–Crippen LogP) is 2.93. The van der Waals surface area contributed by atoms with Crippen molar-refractivity contribution in [3.05, 3.63) is 47.7 Å². The molecule has 0 aliphatic heterocycles. The van der Waals surface area contributed by atoms with Crippen LogP contribution in [0.15, 0.2) is 30.6 Å². The lowest BCUT2D eigenvalue weighted by Gasteiger charge is -2.24. The molecule has 0 unspecified atom stereocenters. The van der Waals surface area contributed by atoms with E-state index in [0.717, 1.165) is 24.1 Å². The zero-order chi connectivity index (χ0) is 14.8. The third kappa shape index (κ3) is 2.96. The Bertz CT molecular complexity index is 623. The third-order valence-electron chi connectivity index (χ3n) is 3.77. The monoisotopic (exact) mass is 286 g/mol. The van der Waals surface area contributed by atoms with Crippen molar-refractivity contribution in [2.75, 3.05) is 10.6 Å². The Morgan fingerprint density at radius 3 is 2.57 bits per heavy atom. The van der Waals surface area contributed by atoms with Gasteiger partial charge in [0, 0.05) is 18.3 Å². The minimum atomic E-state index is -0.289. The molecule has 1 aromatic heterocycles. The van der Waals surface area contributed by atoms with Gasteiger partial charge >= 0.3 is 0 Å². The molecular formula is C16H19FN4. The smallest absolute Gasteiger partial charge is 0.187 e. The van der Waals surface area contributed by atoms with Gasteiger partial charge in [0.1, 0.15) is 6.33 Å². The lowest BCUT2D eigenvalue weighted by Crippen LogP contribution is -2.27. The van der Waals surface area contributed by atoms with Crippen molar-refractivity contribution in [2.24, 2.45) is 0 Å². The second-order valence-electron chi connectivity index (χ2n) is 5.41. The van der Waals surface area contributed by atoms with Gasteiger partial charge in [-0.25, -0.2) is 14.4 Å². The molecule has 0 bridgehead atoms. The zero-order valence-electron chi connectivity index (χ0n) is 12.1. The summed E-state index contributed by atoms with van der Waals surface area (Å²) in [6, 6.07) is 8.06. The molecule has 1 aliphatic rings. The van der Waals surface area contributed by atoms with Crippen LogP contribution in [0.1, 0.15) is 31.0 Å². The number of hydrogen-bond acceptors (Lipinski definition) is 4. The van der Waals surface area contributed by atoms with Crippen molar-refractivity contribution < 1.29 is 4.39 Å². The van der Waals surface area contributed by atoms with E-state index in [2.05, 4.69) is 9.97 Å². The Kier molecular flexibility index (Phi) is 3.73. The molecule has 5 heteroatoms. The van der Waals surface area contributed by atoms with E-state index in [1.807, 2.05) is 36.1 Å². The Balaban J connectivity index is 1.90. The summed E-state index contributed by atoms with van der Waals surface area (Å²) < 4.78 is 14.5. The largest absolute Gasteiger partial charge is 0.399 e. The molecule has 0 saturated heterocycles. The van der Waals surface area contributed by atoms with E-state index >= 15 is 0 Å². The Morgan fingerprint density at radius 1 is 1.24 bits per heavy atom. The molecule has 4 nitrogen and oxygen atoms in total. The van der Waals surface area contributed by atoms with Crippen molar-refractivity contribution in [1.82, 2.24) is 9.97 Å². The van der Waals surface area contributed by atoms with Gasteiger partial charge in [-0.15, -0.1) is 0 Å². The third-order valence-corrected chi connectivity index (χ3v) is 3.77. The lowest BCUT2D eigenvalue weighted by molar-refractivity contribution is 0.580. The molecule has 0 radical (unpaired) electrons. The van der Waals surface area contributed by atoms with Gasteiger partial charge < -0.3 is 10.6 Å². The van der Waals surface area contributed by atoms with Gasteiger partial charge in [0.2, 0.25) is 0 Å². The molecule has 2 aromatic rings. The number of anilines is 2. The van der Waals surface area contributed by atoms with Gasteiger partial charge in [-0.1, -0.05) is 19.1 Å². The molecule has 0 spiro atoms. The predicted molar refractivity (Wildman–Crippen MR) is 81.4 cm³/mol. The highest BCUT2D eigenvalue weighted by Gasteiger charge is 2.32. The number of aromatic nitrogens is 2. The minimum absolute atomic E-state index is 0.289. The molecular weight excluding hydrogens is 267 g/mol. The van der Waals surface area contributed by atoms with Gasteiger partial charge in [0.15, 0.2) is 11.6 Å². The van der Waals surface area contributed by atoms with Crippen molar-refractivity contribution in [1.29, 1.82) is 0 Å². The van der Waals surface area contributed by atoms with Gasteiger partial charge in [0.25, 0.3) is 0 Å². The van der Waals surface area contributed by atoms with Crippen molar-refractivity contribution in [3.8, 4) is 0 Å². The quantitative estimate of drug-likeness (QED) is 0.859. The first kappa shape index (κ1) is 13.8. The molecule has 110 valence electrons. The van der Waals surface area contributed by atoms with E-state index in [-0.39, 0.29) is 5.82 Å². The van der Waals surface area contributed by atoms with E-state index in [1.54, 1.807) is 0 Å². The number of hydrogen-bond donors (Lipinski definition) is 1. The van der Waals surface area contributed by atoms with Gasteiger partial charge in [0.05, 0.1) is 5.69 Å². The van der Waals surface area contributed by atoms with E-state index in [0.29, 0.717) is 30.5 Å². The van der Waals surface area contributed by atoms with Crippen molar-refractivity contribution >= 4 is 11.5 Å². The van der Waals surface area contributed by atoms with E-state index in [1.165, 1.54) is 6.33 Å². The average molecular weight is 286 g/mol. The highest BCUT2D eigenvalue weighted by Crippen LogP contribution is 2.33. The van der Waals surface area contributed by atoms with E-state index in [4.69, 9.17) is 5.73 Å². The van der Waals surface area contributed by atoms with Crippen LogP contribution < -0.4 is 10.6 Å². The van der Waals surface area contributed by atoms with Crippen LogP contribution in [0.25, 0.3) is 0 Å². The molecule has 21 heavy (non-hydrogen) atoms. The fourth-order valence-corrected chi connectivity index (χ4v) is 2.43. The lowest BCUT2D eigenvalue weighted by atomic mass is 10.2. The maximum atomic E-state index is 14.5. The normalized spacial score (nSPS) is 14.2. The van der Waals surface area contributed by atoms with Crippen LogP contribution in [0.3, 0.4) is 0 Å². The molecule has 0 atom stereocenters. The number of aryl methyl sites for hydroxylation is 1.